The summed E-state index contributed by atoms with van der Waals surface area (Å²) in [5, 5.41) is 0. The molecule has 2 aliphatic carbocycles. The lowest BCUT2D eigenvalue weighted by molar-refractivity contribution is 0.565. The topological polar surface area (TPSA) is 42.1 Å². The minimum absolute atomic E-state index is 0.0781. The number of hydrogen-bond acceptors (Lipinski definition) is 3. The first-order valence-electron chi connectivity index (χ1n) is 7.95. The number of hydrogen-bond donors (Lipinski definition) is 1. The van der Waals surface area contributed by atoms with Crippen molar-refractivity contribution in [3.8, 4) is 0 Å². The van der Waals surface area contributed by atoms with E-state index in [-0.39, 0.29) is 5.41 Å². The van der Waals surface area contributed by atoms with Crippen molar-refractivity contribution in [2.24, 2.45) is 11.7 Å². The Bertz CT molecular complexity index is 481. The van der Waals surface area contributed by atoms with Crippen molar-refractivity contribution in [3.63, 3.8) is 0 Å². The first-order valence-corrected chi connectivity index (χ1v) is 7.95. The van der Waals surface area contributed by atoms with Gasteiger partial charge < -0.3 is 10.6 Å². The van der Waals surface area contributed by atoms with Gasteiger partial charge in [-0.25, -0.2) is 4.98 Å². The highest BCUT2D eigenvalue weighted by atomic mass is 15.2. The minimum Gasteiger partial charge on any atom is -0.353 e. The molecule has 3 nitrogen and oxygen atoms in total. The largest absolute Gasteiger partial charge is 0.353 e. The Morgan fingerprint density at radius 1 is 1.20 bits per heavy atom. The van der Waals surface area contributed by atoms with Crippen molar-refractivity contribution in [2.75, 3.05) is 11.4 Å². The van der Waals surface area contributed by atoms with Crippen LogP contribution in [0.2, 0.25) is 0 Å². The molecule has 3 heteroatoms. The summed E-state index contributed by atoms with van der Waals surface area (Å²) in [4.78, 5) is 7.51. The molecule has 0 amide bonds. The number of nitrogens with two attached hydrogens (primary N) is 1. The number of nitrogens with zero attached hydrogens (tertiary/aromatic N) is 2. The van der Waals surface area contributed by atoms with Gasteiger partial charge in [-0.1, -0.05) is 20.8 Å². The molecule has 110 valence electrons. The van der Waals surface area contributed by atoms with E-state index in [4.69, 9.17) is 10.7 Å². The second kappa shape index (κ2) is 5.03. The third-order valence-electron chi connectivity index (χ3n) is 4.31. The molecule has 20 heavy (non-hydrogen) atoms. The summed E-state index contributed by atoms with van der Waals surface area (Å²) in [6.07, 6.45) is 5.44. The summed E-state index contributed by atoms with van der Waals surface area (Å²) >= 11 is 0. The zero-order valence-corrected chi connectivity index (χ0v) is 13.0. The van der Waals surface area contributed by atoms with Crippen LogP contribution in [0.1, 0.15) is 57.7 Å². The second-order valence-corrected chi connectivity index (χ2v) is 7.50. The zero-order valence-electron chi connectivity index (χ0n) is 13.0. The summed E-state index contributed by atoms with van der Waals surface area (Å²) in [6, 6.07) is 5.10. The van der Waals surface area contributed by atoms with Crippen molar-refractivity contribution in [2.45, 2.75) is 64.5 Å². The summed E-state index contributed by atoms with van der Waals surface area (Å²) in [5.74, 6) is 2.06. The molecular weight excluding hydrogens is 246 g/mol. The maximum Gasteiger partial charge on any atom is 0.129 e. The molecule has 1 aromatic heterocycles. The van der Waals surface area contributed by atoms with Crippen LogP contribution in [-0.4, -0.2) is 17.6 Å². The standard InChI is InChI=1S/C17H27N3/c1-17(2,3)15-8-13(10-18)9-16(19-15)20(14-6-7-14)11-12-4-5-12/h8-9,12,14H,4-7,10-11,18H2,1-3H3. The van der Waals surface area contributed by atoms with Gasteiger partial charge in [-0.3, -0.25) is 0 Å². The molecular formula is C17H27N3. The van der Waals surface area contributed by atoms with E-state index < -0.39 is 0 Å². The average Bonchev–Trinajstić information content (AvgIpc) is 3.26. The van der Waals surface area contributed by atoms with Crippen LogP contribution in [0.3, 0.4) is 0 Å². The summed E-state index contributed by atoms with van der Waals surface area (Å²) in [7, 11) is 0. The van der Waals surface area contributed by atoms with Gasteiger partial charge in [-0.15, -0.1) is 0 Å². The van der Waals surface area contributed by atoms with Gasteiger partial charge in [-0.05, 0) is 49.3 Å². The molecule has 2 fully saturated rings. The molecule has 0 aliphatic heterocycles. The van der Waals surface area contributed by atoms with Gasteiger partial charge in [0.2, 0.25) is 0 Å². The maximum absolute atomic E-state index is 5.89. The predicted molar refractivity (Wildman–Crippen MR) is 83.9 cm³/mol. The molecule has 2 aliphatic rings. The van der Waals surface area contributed by atoms with Crippen molar-refractivity contribution >= 4 is 5.82 Å². The Balaban J connectivity index is 1.92. The zero-order chi connectivity index (χ0) is 14.3. The molecule has 0 atom stereocenters. The van der Waals surface area contributed by atoms with Crippen LogP contribution in [0.15, 0.2) is 12.1 Å². The van der Waals surface area contributed by atoms with E-state index in [1.165, 1.54) is 37.8 Å². The molecule has 0 bridgehead atoms. The Kier molecular flexibility index (Phi) is 3.49. The predicted octanol–water partition coefficient (Wildman–Crippen LogP) is 3.22. The van der Waals surface area contributed by atoms with Crippen molar-refractivity contribution in [1.82, 2.24) is 4.98 Å². The van der Waals surface area contributed by atoms with Crippen LogP contribution in [0, 0.1) is 5.92 Å². The van der Waals surface area contributed by atoms with Gasteiger partial charge in [0.1, 0.15) is 5.82 Å². The fraction of sp³-hybridized carbons (Fsp3) is 0.706. The van der Waals surface area contributed by atoms with E-state index in [0.717, 1.165) is 23.5 Å². The molecule has 0 saturated heterocycles. The number of pyridine rings is 1. The molecule has 0 spiro atoms. The van der Waals surface area contributed by atoms with Crippen LogP contribution in [0.5, 0.6) is 0 Å². The highest BCUT2D eigenvalue weighted by molar-refractivity contribution is 5.46. The van der Waals surface area contributed by atoms with E-state index in [1.807, 2.05) is 0 Å². The van der Waals surface area contributed by atoms with Gasteiger partial charge in [0.25, 0.3) is 0 Å². The summed E-state index contributed by atoms with van der Waals surface area (Å²) in [6.45, 7) is 8.46. The SMILES string of the molecule is CC(C)(C)c1cc(CN)cc(N(CC2CC2)C2CC2)n1. The van der Waals surface area contributed by atoms with Crippen molar-refractivity contribution < 1.29 is 0 Å². The summed E-state index contributed by atoms with van der Waals surface area (Å²) in [5.41, 5.74) is 8.34. The monoisotopic (exact) mass is 273 g/mol. The van der Waals surface area contributed by atoms with E-state index in [9.17, 15) is 0 Å². The van der Waals surface area contributed by atoms with Crippen molar-refractivity contribution in [3.05, 3.63) is 23.4 Å². The minimum atomic E-state index is 0.0781. The molecule has 2 saturated carbocycles. The van der Waals surface area contributed by atoms with E-state index >= 15 is 0 Å². The number of aromatic nitrogens is 1. The van der Waals surface area contributed by atoms with Crippen LogP contribution >= 0.6 is 0 Å². The quantitative estimate of drug-likeness (QED) is 0.895. The normalized spacial score (nSPS) is 19.2. The van der Waals surface area contributed by atoms with E-state index in [0.29, 0.717) is 6.54 Å². The van der Waals surface area contributed by atoms with E-state index in [2.05, 4.69) is 37.8 Å². The Morgan fingerprint density at radius 3 is 2.40 bits per heavy atom. The third kappa shape index (κ3) is 3.14. The fourth-order valence-corrected chi connectivity index (χ4v) is 2.61. The average molecular weight is 273 g/mol. The van der Waals surface area contributed by atoms with Gasteiger partial charge in [-0.2, -0.15) is 0 Å². The molecule has 1 aromatic rings. The van der Waals surface area contributed by atoms with Crippen LogP contribution in [-0.2, 0) is 12.0 Å². The Hall–Kier alpha value is -1.09. The Morgan fingerprint density at radius 2 is 1.90 bits per heavy atom. The van der Waals surface area contributed by atoms with Crippen molar-refractivity contribution in [1.29, 1.82) is 0 Å². The third-order valence-corrected chi connectivity index (χ3v) is 4.31. The van der Waals surface area contributed by atoms with Crippen LogP contribution < -0.4 is 10.6 Å². The second-order valence-electron chi connectivity index (χ2n) is 7.50. The highest BCUT2D eigenvalue weighted by Crippen LogP contribution is 2.38. The first kappa shape index (κ1) is 13.9. The number of anilines is 1. The lowest BCUT2D eigenvalue weighted by Crippen LogP contribution is -2.30. The lowest BCUT2D eigenvalue weighted by Gasteiger charge is -2.27. The molecule has 2 N–H and O–H groups in total. The first-order chi connectivity index (χ1) is 9.47. The van der Waals surface area contributed by atoms with Gasteiger partial charge in [0.15, 0.2) is 0 Å². The highest BCUT2D eigenvalue weighted by Gasteiger charge is 2.35. The molecule has 3 rings (SSSR count). The summed E-state index contributed by atoms with van der Waals surface area (Å²) < 4.78 is 0. The smallest absolute Gasteiger partial charge is 0.129 e. The molecule has 0 radical (unpaired) electrons. The molecule has 1 heterocycles. The van der Waals surface area contributed by atoms with Crippen LogP contribution in [0.4, 0.5) is 5.82 Å². The van der Waals surface area contributed by atoms with Crippen LogP contribution in [0.25, 0.3) is 0 Å². The fourth-order valence-electron chi connectivity index (χ4n) is 2.61. The lowest BCUT2D eigenvalue weighted by atomic mass is 9.90. The Labute approximate surface area is 122 Å². The molecule has 0 aromatic carbocycles. The van der Waals surface area contributed by atoms with Gasteiger partial charge in [0, 0.05) is 30.2 Å². The maximum atomic E-state index is 5.89. The van der Waals surface area contributed by atoms with E-state index in [1.54, 1.807) is 0 Å². The number of rotatable bonds is 5. The van der Waals surface area contributed by atoms with Gasteiger partial charge >= 0.3 is 0 Å². The molecule has 0 unspecified atom stereocenters. The van der Waals surface area contributed by atoms with Gasteiger partial charge in [0.05, 0.1) is 0 Å².